The molecule has 0 unspecified atom stereocenters. The van der Waals surface area contributed by atoms with Crippen LogP contribution in [0.1, 0.15) is 18.4 Å². The summed E-state index contributed by atoms with van der Waals surface area (Å²) in [6, 6.07) is 7.17. The predicted octanol–water partition coefficient (Wildman–Crippen LogP) is 1.14. The molecule has 3 N–H and O–H groups in total. The molecule has 1 saturated carbocycles. The van der Waals surface area contributed by atoms with E-state index in [1.54, 1.807) is 31.4 Å². The van der Waals surface area contributed by atoms with Crippen LogP contribution >= 0.6 is 0 Å². The fourth-order valence-electron chi connectivity index (χ4n) is 2.28. The number of rotatable bonds is 3. The summed E-state index contributed by atoms with van der Waals surface area (Å²) in [5.41, 5.74) is 5.72. The molecular weight excluding hydrogens is 206 g/mol. The van der Waals surface area contributed by atoms with Gasteiger partial charge in [0.25, 0.3) is 0 Å². The zero-order valence-electron chi connectivity index (χ0n) is 9.14. The van der Waals surface area contributed by atoms with Crippen LogP contribution < -0.4 is 10.5 Å². The highest BCUT2D eigenvalue weighted by Gasteiger charge is 2.50. The lowest BCUT2D eigenvalue weighted by Crippen LogP contribution is -2.54. The van der Waals surface area contributed by atoms with Gasteiger partial charge < -0.3 is 15.6 Å². The topological polar surface area (TPSA) is 72.5 Å². The van der Waals surface area contributed by atoms with Gasteiger partial charge in [-0.2, -0.15) is 0 Å². The van der Waals surface area contributed by atoms with Crippen molar-refractivity contribution >= 4 is 5.97 Å². The molecule has 0 radical (unpaired) electrons. The summed E-state index contributed by atoms with van der Waals surface area (Å²) in [4.78, 5) is 11.3. The van der Waals surface area contributed by atoms with Crippen molar-refractivity contribution in [3.63, 3.8) is 0 Å². The van der Waals surface area contributed by atoms with Crippen LogP contribution in [0.25, 0.3) is 0 Å². The van der Waals surface area contributed by atoms with Crippen LogP contribution in [0.3, 0.4) is 0 Å². The van der Waals surface area contributed by atoms with E-state index < -0.39 is 11.4 Å². The molecule has 1 aliphatic carbocycles. The number of carboxylic acid groups (broad SMARTS) is 1. The smallest absolute Gasteiger partial charge is 0.314 e. The van der Waals surface area contributed by atoms with E-state index in [0.29, 0.717) is 12.8 Å². The third-order valence-corrected chi connectivity index (χ3v) is 3.27. The van der Waals surface area contributed by atoms with Gasteiger partial charge in [0.2, 0.25) is 0 Å². The molecule has 0 atom stereocenters. The zero-order chi connectivity index (χ0) is 11.8. The molecule has 86 valence electrons. The number of aliphatic carboxylic acids is 1. The van der Waals surface area contributed by atoms with Gasteiger partial charge in [0.15, 0.2) is 0 Å². The normalized spacial score (nSPS) is 28.2. The van der Waals surface area contributed by atoms with Crippen molar-refractivity contribution in [3.8, 4) is 5.75 Å². The van der Waals surface area contributed by atoms with Gasteiger partial charge in [-0.05, 0) is 30.5 Å². The molecule has 0 saturated heterocycles. The van der Waals surface area contributed by atoms with E-state index in [1.807, 2.05) is 0 Å². The molecule has 4 nitrogen and oxygen atoms in total. The Bertz CT molecular complexity index is 393. The Labute approximate surface area is 94.0 Å². The second-order valence-electron chi connectivity index (χ2n) is 4.28. The molecule has 0 bridgehead atoms. The van der Waals surface area contributed by atoms with Crippen molar-refractivity contribution in [1.29, 1.82) is 0 Å². The maximum Gasteiger partial charge on any atom is 0.314 e. The molecule has 0 heterocycles. The minimum Gasteiger partial charge on any atom is -0.497 e. The summed E-state index contributed by atoms with van der Waals surface area (Å²) in [5.74, 6) is -0.0627. The molecule has 0 spiro atoms. The minimum absolute atomic E-state index is 0.00167. The van der Waals surface area contributed by atoms with Crippen LogP contribution in [0.2, 0.25) is 0 Å². The Hall–Kier alpha value is -1.55. The van der Waals surface area contributed by atoms with Crippen molar-refractivity contribution in [2.45, 2.75) is 24.3 Å². The van der Waals surface area contributed by atoms with Crippen molar-refractivity contribution in [1.82, 2.24) is 0 Å². The van der Waals surface area contributed by atoms with Gasteiger partial charge in [-0.15, -0.1) is 0 Å². The number of carbonyl (C=O) groups is 1. The molecular formula is C12H15NO3. The summed E-state index contributed by atoms with van der Waals surface area (Å²) in [7, 11) is 1.58. The molecule has 1 fully saturated rings. The van der Waals surface area contributed by atoms with Crippen LogP contribution in [0.15, 0.2) is 24.3 Å². The first-order valence-electron chi connectivity index (χ1n) is 5.22. The number of nitrogens with two attached hydrogens (primary N) is 1. The Morgan fingerprint density at radius 3 is 2.38 bits per heavy atom. The van der Waals surface area contributed by atoms with Crippen molar-refractivity contribution in [2.75, 3.05) is 7.11 Å². The van der Waals surface area contributed by atoms with Gasteiger partial charge in [-0.3, -0.25) is 4.79 Å². The standard InChI is InChI=1S/C12H15NO3/c1-16-10-4-2-8(3-5-10)12(11(14)15)6-9(13)7-12/h2-5,9H,6-7,13H2,1H3,(H,14,15). The van der Waals surface area contributed by atoms with Crippen molar-refractivity contribution in [2.24, 2.45) is 5.73 Å². The predicted molar refractivity (Wildman–Crippen MR) is 59.5 cm³/mol. The first-order chi connectivity index (χ1) is 7.58. The largest absolute Gasteiger partial charge is 0.497 e. The quantitative estimate of drug-likeness (QED) is 0.802. The number of ether oxygens (including phenoxy) is 1. The summed E-state index contributed by atoms with van der Waals surface area (Å²) in [5, 5.41) is 9.29. The SMILES string of the molecule is COc1ccc(C2(C(=O)O)CC(N)C2)cc1. The molecule has 0 aromatic heterocycles. The fraction of sp³-hybridized carbons (Fsp3) is 0.417. The number of benzene rings is 1. The highest BCUT2D eigenvalue weighted by molar-refractivity contribution is 5.83. The van der Waals surface area contributed by atoms with Crippen LogP contribution in [-0.2, 0) is 10.2 Å². The lowest BCUT2D eigenvalue weighted by atomic mass is 9.62. The van der Waals surface area contributed by atoms with Crippen molar-refractivity contribution < 1.29 is 14.6 Å². The van der Waals surface area contributed by atoms with Crippen LogP contribution in [0.4, 0.5) is 0 Å². The van der Waals surface area contributed by atoms with E-state index in [-0.39, 0.29) is 6.04 Å². The van der Waals surface area contributed by atoms with E-state index in [2.05, 4.69) is 0 Å². The van der Waals surface area contributed by atoms with E-state index in [9.17, 15) is 9.90 Å². The summed E-state index contributed by atoms with van der Waals surface area (Å²) < 4.78 is 5.04. The molecule has 2 rings (SSSR count). The number of hydrogen-bond donors (Lipinski definition) is 2. The van der Waals surface area contributed by atoms with E-state index in [4.69, 9.17) is 10.5 Å². The van der Waals surface area contributed by atoms with Gasteiger partial charge in [0.1, 0.15) is 5.75 Å². The highest BCUT2D eigenvalue weighted by Crippen LogP contribution is 2.43. The van der Waals surface area contributed by atoms with E-state index >= 15 is 0 Å². The number of hydrogen-bond acceptors (Lipinski definition) is 3. The second kappa shape index (κ2) is 3.79. The van der Waals surface area contributed by atoms with E-state index in [1.165, 1.54) is 0 Å². The molecule has 0 aliphatic heterocycles. The second-order valence-corrected chi connectivity index (χ2v) is 4.28. The average Bonchev–Trinajstić information content (AvgIpc) is 2.24. The molecule has 1 aromatic carbocycles. The molecule has 16 heavy (non-hydrogen) atoms. The monoisotopic (exact) mass is 221 g/mol. The Morgan fingerprint density at radius 2 is 2.00 bits per heavy atom. The average molecular weight is 221 g/mol. The Morgan fingerprint density at radius 1 is 1.44 bits per heavy atom. The summed E-state index contributed by atoms with van der Waals surface area (Å²) >= 11 is 0. The van der Waals surface area contributed by atoms with Gasteiger partial charge in [-0.1, -0.05) is 12.1 Å². The van der Waals surface area contributed by atoms with Gasteiger partial charge >= 0.3 is 5.97 Å². The van der Waals surface area contributed by atoms with Crippen molar-refractivity contribution in [3.05, 3.63) is 29.8 Å². The minimum atomic E-state index is -0.792. The maximum atomic E-state index is 11.3. The zero-order valence-corrected chi connectivity index (χ0v) is 9.14. The maximum absolute atomic E-state index is 11.3. The summed E-state index contributed by atoms with van der Waals surface area (Å²) in [6.45, 7) is 0. The van der Waals surface area contributed by atoms with Crippen LogP contribution in [-0.4, -0.2) is 24.2 Å². The number of methoxy groups -OCH3 is 1. The number of carboxylic acids is 1. The van der Waals surface area contributed by atoms with Crippen LogP contribution in [0, 0.1) is 0 Å². The first-order valence-corrected chi connectivity index (χ1v) is 5.22. The van der Waals surface area contributed by atoms with Gasteiger partial charge in [-0.25, -0.2) is 0 Å². The summed E-state index contributed by atoms with van der Waals surface area (Å²) in [6.07, 6.45) is 1.02. The molecule has 4 heteroatoms. The Kier molecular flexibility index (Phi) is 2.59. The van der Waals surface area contributed by atoms with Crippen LogP contribution in [0.5, 0.6) is 5.75 Å². The molecule has 0 amide bonds. The highest BCUT2D eigenvalue weighted by atomic mass is 16.5. The molecule has 1 aliphatic rings. The first kappa shape index (κ1) is 11.0. The fourth-order valence-corrected chi connectivity index (χ4v) is 2.28. The van der Waals surface area contributed by atoms with Gasteiger partial charge in [0, 0.05) is 6.04 Å². The lowest BCUT2D eigenvalue weighted by Gasteiger charge is -2.43. The Balaban J connectivity index is 2.30. The third kappa shape index (κ3) is 1.55. The third-order valence-electron chi connectivity index (χ3n) is 3.27. The van der Waals surface area contributed by atoms with Gasteiger partial charge in [0.05, 0.1) is 12.5 Å². The van der Waals surface area contributed by atoms with E-state index in [0.717, 1.165) is 11.3 Å². The lowest BCUT2D eigenvalue weighted by molar-refractivity contribution is -0.148. The molecule has 1 aromatic rings.